The Bertz CT molecular complexity index is 1550. The van der Waals surface area contributed by atoms with E-state index in [0.29, 0.717) is 28.9 Å². The van der Waals surface area contributed by atoms with Gasteiger partial charge < -0.3 is 25.2 Å². The summed E-state index contributed by atoms with van der Waals surface area (Å²) in [6, 6.07) is 16.9. The van der Waals surface area contributed by atoms with E-state index in [0.717, 1.165) is 22.5 Å². The average molecular weight is 591 g/mol. The molecule has 3 atom stereocenters. The first kappa shape index (κ1) is 31.7. The molecule has 0 fully saturated rings. The van der Waals surface area contributed by atoms with Crippen LogP contribution < -0.4 is 5.32 Å². The Balaban J connectivity index is 1.87. The zero-order valence-electron chi connectivity index (χ0n) is 24.8. The summed E-state index contributed by atoms with van der Waals surface area (Å²) in [6.07, 6.45) is -2.20. The molecule has 0 radical (unpaired) electrons. The van der Waals surface area contributed by atoms with E-state index in [2.05, 4.69) is 15.5 Å². The zero-order chi connectivity index (χ0) is 31.3. The Kier molecular flexibility index (Phi) is 10.2. The fourth-order valence-corrected chi connectivity index (χ4v) is 5.51. The molecule has 2 aromatic carbocycles. The van der Waals surface area contributed by atoms with Crippen LogP contribution in [-0.4, -0.2) is 54.2 Å². The maximum atomic E-state index is 14.2. The van der Waals surface area contributed by atoms with Crippen molar-refractivity contribution in [1.82, 2.24) is 20.1 Å². The van der Waals surface area contributed by atoms with Gasteiger partial charge in [0.1, 0.15) is 11.5 Å². The molecule has 0 aliphatic carbocycles. The number of carbonyl (C=O) groups excluding carboxylic acids is 1. The van der Waals surface area contributed by atoms with Crippen molar-refractivity contribution in [3.05, 3.63) is 89.3 Å². The van der Waals surface area contributed by atoms with E-state index < -0.39 is 36.5 Å². The smallest absolute Gasteiger partial charge is 0.305 e. The van der Waals surface area contributed by atoms with Crippen molar-refractivity contribution in [3.63, 3.8) is 0 Å². The number of aliphatic hydroxyl groups is 2. The third-order valence-corrected chi connectivity index (χ3v) is 7.42. The second kappa shape index (κ2) is 13.8. The number of aromatic nitrogens is 3. The van der Waals surface area contributed by atoms with Gasteiger partial charge in [0.05, 0.1) is 30.4 Å². The maximum Gasteiger partial charge on any atom is 0.305 e. The van der Waals surface area contributed by atoms with E-state index >= 15 is 0 Å². The van der Waals surface area contributed by atoms with Gasteiger partial charge in [0.15, 0.2) is 0 Å². The lowest BCUT2D eigenvalue weighted by Crippen LogP contribution is -2.30. The highest BCUT2D eigenvalue weighted by molar-refractivity contribution is 6.05. The summed E-state index contributed by atoms with van der Waals surface area (Å²) < 4.78 is 16.0. The summed E-state index contributed by atoms with van der Waals surface area (Å²) in [4.78, 5) is 25.2. The van der Waals surface area contributed by atoms with Gasteiger partial charge in [-0.3, -0.25) is 14.7 Å². The molecule has 1 unspecified atom stereocenters. The lowest BCUT2D eigenvalue weighted by Gasteiger charge is -2.21. The molecule has 0 aliphatic heterocycles. The molecule has 4 rings (SSSR count). The van der Waals surface area contributed by atoms with Crippen molar-refractivity contribution >= 4 is 11.9 Å². The molecule has 2 aromatic heterocycles. The second-order valence-corrected chi connectivity index (χ2v) is 11.2. The van der Waals surface area contributed by atoms with E-state index in [4.69, 9.17) is 5.11 Å². The van der Waals surface area contributed by atoms with Gasteiger partial charge in [-0.15, -0.1) is 0 Å². The van der Waals surface area contributed by atoms with Gasteiger partial charge in [-0.05, 0) is 76.3 Å². The highest BCUT2D eigenvalue weighted by Crippen LogP contribution is 2.42. The molecule has 1 amide bonds. The van der Waals surface area contributed by atoms with Crippen LogP contribution in [0, 0.1) is 12.7 Å². The number of carboxylic acids is 1. The summed E-state index contributed by atoms with van der Waals surface area (Å²) in [7, 11) is 0. The summed E-state index contributed by atoms with van der Waals surface area (Å²) in [5.74, 6) is -1.85. The molecule has 0 bridgehead atoms. The molecule has 4 aromatic rings. The molecule has 0 aliphatic rings. The SMILES string of the molecule is Cc1cc(C(C)NC(=O)c2c(-c3ccccc3)c(-c3ccc(F)cc3)c(CC[C@@H](O)C[C@@H](O)CC(=O)O)n2C(C)C)n[nH]1. The minimum Gasteiger partial charge on any atom is -0.481 e. The Hall–Kier alpha value is -4.28. The molecule has 43 heavy (non-hydrogen) atoms. The highest BCUT2D eigenvalue weighted by atomic mass is 19.1. The fourth-order valence-electron chi connectivity index (χ4n) is 5.51. The number of hydrogen-bond donors (Lipinski definition) is 5. The van der Waals surface area contributed by atoms with Gasteiger partial charge >= 0.3 is 5.97 Å². The number of amides is 1. The normalized spacial score (nSPS) is 13.6. The summed E-state index contributed by atoms with van der Waals surface area (Å²) in [5.41, 5.74) is 5.69. The molecule has 9 nitrogen and oxygen atoms in total. The quantitative estimate of drug-likeness (QED) is 0.138. The Labute approximate surface area is 250 Å². The summed E-state index contributed by atoms with van der Waals surface area (Å²) in [6.45, 7) is 7.69. The van der Waals surface area contributed by atoms with Gasteiger partial charge in [-0.25, -0.2) is 4.39 Å². The third kappa shape index (κ3) is 7.57. The van der Waals surface area contributed by atoms with E-state index in [1.54, 1.807) is 12.1 Å². The van der Waals surface area contributed by atoms with Crippen LogP contribution in [-0.2, 0) is 11.2 Å². The van der Waals surface area contributed by atoms with Crippen LogP contribution in [0.3, 0.4) is 0 Å². The van der Waals surface area contributed by atoms with Crippen LogP contribution in [0.5, 0.6) is 0 Å². The van der Waals surface area contributed by atoms with E-state index in [9.17, 15) is 24.2 Å². The number of benzene rings is 2. The number of carbonyl (C=O) groups is 2. The van der Waals surface area contributed by atoms with Crippen molar-refractivity contribution in [3.8, 4) is 22.3 Å². The molecule has 0 saturated heterocycles. The number of aromatic amines is 1. The molecule has 228 valence electrons. The van der Waals surface area contributed by atoms with Crippen molar-refractivity contribution in [2.45, 2.75) is 77.7 Å². The predicted octanol–water partition coefficient (Wildman–Crippen LogP) is 5.58. The highest BCUT2D eigenvalue weighted by Gasteiger charge is 2.31. The Morgan fingerprint density at radius 1 is 0.977 bits per heavy atom. The lowest BCUT2D eigenvalue weighted by molar-refractivity contribution is -0.139. The minimum atomic E-state index is -1.19. The molecular formula is C33H39FN4O5. The van der Waals surface area contributed by atoms with E-state index in [1.807, 2.05) is 68.7 Å². The number of hydrogen-bond acceptors (Lipinski definition) is 5. The number of aryl methyl sites for hydroxylation is 1. The van der Waals surface area contributed by atoms with Crippen molar-refractivity contribution in [1.29, 1.82) is 0 Å². The Morgan fingerprint density at radius 2 is 1.63 bits per heavy atom. The molecule has 2 heterocycles. The molecule has 0 saturated carbocycles. The first-order chi connectivity index (χ1) is 20.5. The van der Waals surface area contributed by atoms with Gasteiger partial charge in [0.2, 0.25) is 0 Å². The first-order valence-electron chi connectivity index (χ1n) is 14.4. The topological polar surface area (TPSA) is 140 Å². The van der Waals surface area contributed by atoms with Gasteiger partial charge in [-0.2, -0.15) is 5.10 Å². The van der Waals surface area contributed by atoms with Crippen LogP contribution in [0.2, 0.25) is 0 Å². The lowest BCUT2D eigenvalue weighted by atomic mass is 9.92. The number of rotatable bonds is 13. The minimum absolute atomic E-state index is 0.0972. The summed E-state index contributed by atoms with van der Waals surface area (Å²) >= 11 is 0. The van der Waals surface area contributed by atoms with Gasteiger partial charge in [0, 0.05) is 28.6 Å². The van der Waals surface area contributed by atoms with Crippen LogP contribution in [0.4, 0.5) is 4.39 Å². The molecule has 10 heteroatoms. The van der Waals surface area contributed by atoms with Crippen LogP contribution >= 0.6 is 0 Å². The van der Waals surface area contributed by atoms with Crippen LogP contribution in [0.1, 0.15) is 79.7 Å². The monoisotopic (exact) mass is 590 g/mol. The van der Waals surface area contributed by atoms with Crippen molar-refractivity contribution < 1.29 is 29.3 Å². The number of nitrogens with one attached hydrogen (secondary N) is 2. The van der Waals surface area contributed by atoms with Gasteiger partial charge in [0.25, 0.3) is 5.91 Å². The average Bonchev–Trinajstić information content (AvgIpc) is 3.54. The molecule has 0 spiro atoms. The first-order valence-corrected chi connectivity index (χ1v) is 14.4. The number of halogens is 1. The van der Waals surface area contributed by atoms with Crippen molar-refractivity contribution in [2.24, 2.45) is 0 Å². The van der Waals surface area contributed by atoms with E-state index in [1.165, 1.54) is 12.1 Å². The second-order valence-electron chi connectivity index (χ2n) is 11.2. The fraction of sp³-hybridized carbons (Fsp3) is 0.364. The largest absolute Gasteiger partial charge is 0.481 e. The standard InChI is InChI=1S/C33H39FN4O5/c1-19(2)38-28(15-14-25(39)17-26(40)18-29(41)42)30(23-10-12-24(34)13-11-23)31(22-8-6-5-7-9-22)32(38)33(43)35-21(4)27-16-20(3)36-37-27/h5-13,16,19,21,25-26,39-40H,14-15,17-18H2,1-4H3,(H,35,43)(H,36,37)(H,41,42)/t21?,25-,26-/m1/s1. The number of aliphatic carboxylic acids is 1. The van der Waals surface area contributed by atoms with Crippen LogP contribution in [0.25, 0.3) is 22.3 Å². The molecule has 5 N–H and O–H groups in total. The number of carboxylic acid groups (broad SMARTS) is 1. The molecular weight excluding hydrogens is 551 g/mol. The number of H-pyrrole nitrogens is 1. The van der Waals surface area contributed by atoms with Crippen molar-refractivity contribution in [2.75, 3.05) is 0 Å². The van der Waals surface area contributed by atoms with Gasteiger partial charge in [-0.1, -0.05) is 42.5 Å². The Morgan fingerprint density at radius 3 is 2.21 bits per heavy atom. The predicted molar refractivity (Wildman–Crippen MR) is 162 cm³/mol. The zero-order valence-corrected chi connectivity index (χ0v) is 24.8. The maximum absolute atomic E-state index is 14.2. The summed E-state index contributed by atoms with van der Waals surface area (Å²) in [5, 5.41) is 40.2. The number of nitrogens with zero attached hydrogens (tertiary/aromatic N) is 2. The third-order valence-electron chi connectivity index (χ3n) is 7.42. The van der Waals surface area contributed by atoms with E-state index in [-0.39, 0.29) is 24.8 Å². The number of aliphatic hydroxyl groups excluding tert-OH is 2. The van der Waals surface area contributed by atoms with Crippen LogP contribution in [0.15, 0.2) is 60.7 Å².